The van der Waals surface area contributed by atoms with E-state index in [2.05, 4.69) is 41.9 Å². The molecule has 0 aliphatic carbocycles. The van der Waals surface area contributed by atoms with E-state index in [-0.39, 0.29) is 0 Å². The molecule has 1 aliphatic rings. The first-order valence-corrected chi connectivity index (χ1v) is 8.69. The monoisotopic (exact) mass is 255 g/mol. The molecule has 17 heavy (non-hydrogen) atoms. The molecule has 96 valence electrons. The molecule has 0 radical (unpaired) electrons. The van der Waals surface area contributed by atoms with Crippen molar-refractivity contribution >= 4 is 29.7 Å². The quantitative estimate of drug-likeness (QED) is 0.699. The predicted molar refractivity (Wildman–Crippen MR) is 77.8 cm³/mol. The predicted octanol–water partition coefficient (Wildman–Crippen LogP) is 0.477. The van der Waals surface area contributed by atoms with Crippen LogP contribution in [-0.2, 0) is 8.85 Å². The molecule has 0 aromatic heterocycles. The Labute approximate surface area is 108 Å². The molecule has 0 unspecified atom stereocenters. The van der Waals surface area contributed by atoms with Crippen molar-refractivity contribution in [3.8, 4) is 0 Å². The molecule has 0 atom stereocenters. The maximum atomic E-state index is 5.69. The average molecular weight is 255 g/mol. The molecule has 5 nitrogen and oxygen atoms in total. The summed E-state index contributed by atoms with van der Waals surface area (Å²) in [4.78, 5) is 0. The number of rotatable bonds is 5. The molecule has 1 fully saturated rings. The van der Waals surface area contributed by atoms with E-state index in [0.717, 1.165) is 12.6 Å². The SMILES string of the molecule is CCB1NB(C)NB(CC)N1[Si](C)(OC)OC. The summed E-state index contributed by atoms with van der Waals surface area (Å²) in [5.41, 5.74) is 0. The Hall–Kier alpha value is 0.212. The maximum absolute atomic E-state index is 5.69. The van der Waals surface area contributed by atoms with E-state index in [4.69, 9.17) is 8.85 Å². The maximum Gasteiger partial charge on any atom is 0.403 e. The summed E-state index contributed by atoms with van der Waals surface area (Å²) in [6.07, 6.45) is 2.08. The van der Waals surface area contributed by atoms with Crippen LogP contribution in [0.4, 0.5) is 0 Å². The molecule has 0 saturated carbocycles. The largest absolute Gasteiger partial charge is 0.403 e. The van der Waals surface area contributed by atoms with E-state index < -0.39 is 8.72 Å². The van der Waals surface area contributed by atoms with Gasteiger partial charge in [-0.3, -0.25) is 0 Å². The Kier molecular flexibility index (Phi) is 5.75. The van der Waals surface area contributed by atoms with Crippen LogP contribution in [-0.4, -0.2) is 48.3 Å². The molecule has 0 spiro atoms. The Balaban J connectivity index is 2.96. The number of nitrogens with zero attached hydrogens (tertiary/aromatic N) is 1. The molecule has 1 heterocycles. The molecule has 1 aliphatic heterocycles. The summed E-state index contributed by atoms with van der Waals surface area (Å²) < 4.78 is 13.7. The van der Waals surface area contributed by atoms with Gasteiger partial charge in [-0.15, -0.1) is 0 Å². The zero-order valence-corrected chi connectivity index (χ0v) is 12.9. The van der Waals surface area contributed by atoms with Crippen LogP contribution in [0.25, 0.3) is 0 Å². The van der Waals surface area contributed by atoms with Crippen LogP contribution < -0.4 is 10.3 Å². The summed E-state index contributed by atoms with van der Waals surface area (Å²) >= 11 is 0. The fourth-order valence-corrected chi connectivity index (χ4v) is 4.73. The minimum absolute atomic E-state index is 0.313. The van der Waals surface area contributed by atoms with Gasteiger partial charge in [0.2, 0.25) is 0 Å². The molecule has 0 aromatic rings. The number of hydrogen-bond acceptors (Lipinski definition) is 5. The van der Waals surface area contributed by atoms with Gasteiger partial charge in [0.1, 0.15) is 0 Å². The van der Waals surface area contributed by atoms with Crippen LogP contribution >= 0.6 is 0 Å². The van der Waals surface area contributed by atoms with Gasteiger partial charge in [-0.25, -0.2) is 0 Å². The zero-order valence-electron chi connectivity index (χ0n) is 11.9. The molecule has 2 N–H and O–H groups in total. The van der Waals surface area contributed by atoms with Crippen LogP contribution in [0.2, 0.25) is 26.0 Å². The minimum atomic E-state index is -2.29. The summed E-state index contributed by atoms with van der Waals surface area (Å²) in [5.74, 6) is 0. The lowest BCUT2D eigenvalue weighted by atomic mass is 9.48. The molecular formula is C8H24B3N3O2Si. The van der Waals surface area contributed by atoms with Gasteiger partial charge in [0.15, 0.2) is 0 Å². The van der Waals surface area contributed by atoms with Gasteiger partial charge in [-0.2, -0.15) is 0 Å². The highest BCUT2D eigenvalue weighted by molar-refractivity contribution is 6.96. The van der Waals surface area contributed by atoms with Gasteiger partial charge in [0.05, 0.1) is 0 Å². The van der Waals surface area contributed by atoms with Crippen LogP contribution in [0.15, 0.2) is 0 Å². The second-order valence-corrected chi connectivity index (χ2v) is 7.74. The van der Waals surface area contributed by atoms with Crippen LogP contribution in [0.1, 0.15) is 13.8 Å². The van der Waals surface area contributed by atoms with Crippen molar-refractivity contribution in [3.05, 3.63) is 0 Å². The third-order valence-electron chi connectivity index (χ3n) is 3.56. The van der Waals surface area contributed by atoms with Crippen molar-refractivity contribution < 1.29 is 8.85 Å². The fraction of sp³-hybridized carbons (Fsp3) is 1.00. The van der Waals surface area contributed by atoms with Crippen molar-refractivity contribution in [2.75, 3.05) is 14.2 Å². The van der Waals surface area contributed by atoms with Crippen molar-refractivity contribution in [1.82, 2.24) is 14.7 Å². The van der Waals surface area contributed by atoms with Gasteiger partial charge < -0.3 is 23.5 Å². The average Bonchev–Trinajstić information content (AvgIpc) is 2.36. The molecular weight excluding hydrogens is 231 g/mol. The molecule has 0 aromatic carbocycles. The minimum Gasteiger partial charge on any atom is -0.387 e. The van der Waals surface area contributed by atoms with Crippen LogP contribution in [0.5, 0.6) is 0 Å². The summed E-state index contributed by atoms with van der Waals surface area (Å²) in [7, 11) is 1.20. The second-order valence-electron chi connectivity index (χ2n) is 4.62. The van der Waals surface area contributed by atoms with E-state index in [1.165, 1.54) is 0 Å². The first-order valence-electron chi connectivity index (χ1n) is 6.43. The lowest BCUT2D eigenvalue weighted by Crippen LogP contribution is -2.81. The Morgan fingerprint density at radius 2 is 1.47 bits per heavy atom. The van der Waals surface area contributed by atoms with Gasteiger partial charge in [0.25, 0.3) is 20.9 Å². The van der Waals surface area contributed by atoms with Crippen molar-refractivity contribution in [2.24, 2.45) is 0 Å². The van der Waals surface area contributed by atoms with Gasteiger partial charge >= 0.3 is 8.72 Å². The van der Waals surface area contributed by atoms with Crippen molar-refractivity contribution in [1.29, 1.82) is 0 Å². The summed E-state index contributed by atoms with van der Waals surface area (Å²) in [6, 6.07) is 0. The van der Waals surface area contributed by atoms with E-state index in [0.29, 0.717) is 20.9 Å². The van der Waals surface area contributed by atoms with E-state index in [1.807, 2.05) is 0 Å². The Bertz CT molecular complexity index is 234. The van der Waals surface area contributed by atoms with E-state index in [9.17, 15) is 0 Å². The summed E-state index contributed by atoms with van der Waals surface area (Å²) in [5, 5.41) is 7.09. The van der Waals surface area contributed by atoms with E-state index >= 15 is 0 Å². The van der Waals surface area contributed by atoms with Gasteiger partial charge in [0, 0.05) is 14.2 Å². The lowest BCUT2D eigenvalue weighted by Gasteiger charge is -2.47. The third-order valence-corrected chi connectivity index (χ3v) is 6.63. The molecule has 0 amide bonds. The topological polar surface area (TPSA) is 45.8 Å². The lowest BCUT2D eigenvalue weighted by molar-refractivity contribution is 0.223. The number of hydrogen-bond donors (Lipinski definition) is 2. The fourth-order valence-electron chi connectivity index (χ4n) is 2.49. The smallest absolute Gasteiger partial charge is 0.387 e. The molecule has 1 saturated heterocycles. The first-order chi connectivity index (χ1) is 8.02. The first kappa shape index (κ1) is 15.3. The van der Waals surface area contributed by atoms with E-state index in [1.54, 1.807) is 14.2 Å². The highest BCUT2D eigenvalue weighted by Gasteiger charge is 2.50. The highest BCUT2D eigenvalue weighted by atomic mass is 28.4. The van der Waals surface area contributed by atoms with Crippen LogP contribution in [0.3, 0.4) is 0 Å². The summed E-state index contributed by atoms with van der Waals surface area (Å²) in [6.45, 7) is 9.58. The standard InChI is InChI=1S/C8H24B3N3O2Si/c1-7-10-12-9(3)13-11(8-2)14(10)17(6,15-4)16-5/h12-13H,7-8H2,1-6H3. The Morgan fingerprint density at radius 3 is 1.76 bits per heavy atom. The van der Waals surface area contributed by atoms with Gasteiger partial charge in [-0.05, 0) is 19.2 Å². The Morgan fingerprint density at radius 1 is 1.06 bits per heavy atom. The third kappa shape index (κ3) is 3.16. The molecule has 9 heteroatoms. The van der Waals surface area contributed by atoms with Crippen LogP contribution in [0, 0.1) is 0 Å². The van der Waals surface area contributed by atoms with Crippen molar-refractivity contribution in [3.63, 3.8) is 0 Å². The highest BCUT2D eigenvalue weighted by Crippen LogP contribution is 2.19. The molecule has 1 rings (SSSR count). The normalized spacial score (nSPS) is 19.1. The zero-order chi connectivity index (χ0) is 13.1. The molecule has 0 bridgehead atoms. The van der Waals surface area contributed by atoms with Gasteiger partial charge in [-0.1, -0.05) is 20.7 Å². The number of nitrogens with one attached hydrogen (secondary N) is 2. The van der Waals surface area contributed by atoms with Crippen molar-refractivity contribution in [2.45, 2.75) is 39.9 Å². The second kappa shape index (κ2) is 6.40.